The van der Waals surface area contributed by atoms with Crippen molar-refractivity contribution < 1.29 is 28.7 Å². The Morgan fingerprint density at radius 1 is 0.774 bits per heavy atom. The highest BCUT2D eigenvalue weighted by Crippen LogP contribution is 2.29. The predicted molar refractivity (Wildman–Crippen MR) is 204 cm³/mol. The van der Waals surface area contributed by atoms with Crippen LogP contribution in [-0.4, -0.2) is 58.9 Å². The lowest BCUT2D eigenvalue weighted by Gasteiger charge is -2.25. The number of nitrogens with one attached hydrogen (secondary N) is 2. The molecule has 0 radical (unpaired) electrons. The van der Waals surface area contributed by atoms with E-state index in [1.807, 2.05) is 42.5 Å². The molecular formula is C43H35N3O6S. The third-order valence-electron chi connectivity index (χ3n) is 9.23. The third-order valence-corrected chi connectivity index (χ3v) is 10.0. The molecule has 5 aromatic carbocycles. The zero-order valence-electron chi connectivity index (χ0n) is 28.6. The molecule has 2 N–H and O–H groups in total. The molecule has 10 heteroatoms. The van der Waals surface area contributed by atoms with Crippen molar-refractivity contribution in [3.63, 3.8) is 0 Å². The Bertz CT molecular complexity index is 2200. The summed E-state index contributed by atoms with van der Waals surface area (Å²) in [6, 6.07) is 40.1. The third kappa shape index (κ3) is 8.35. The summed E-state index contributed by atoms with van der Waals surface area (Å²) in [7, 11) is 0. The molecular weight excluding hydrogens is 687 g/mol. The van der Waals surface area contributed by atoms with Crippen molar-refractivity contribution in [2.75, 3.05) is 13.1 Å². The summed E-state index contributed by atoms with van der Waals surface area (Å²) in [5.41, 5.74) is 5.58. The van der Waals surface area contributed by atoms with Crippen LogP contribution in [0.2, 0.25) is 0 Å². The molecule has 9 nitrogen and oxygen atoms in total. The van der Waals surface area contributed by atoms with E-state index in [0.29, 0.717) is 47.4 Å². The Morgan fingerprint density at radius 2 is 1.45 bits per heavy atom. The van der Waals surface area contributed by atoms with E-state index in [9.17, 15) is 24.0 Å². The lowest BCUT2D eigenvalue weighted by atomic mass is 10.0. The van der Waals surface area contributed by atoms with Gasteiger partial charge in [0.05, 0.1) is 23.7 Å². The van der Waals surface area contributed by atoms with E-state index in [2.05, 4.69) is 28.8 Å². The van der Waals surface area contributed by atoms with Crippen molar-refractivity contribution in [1.29, 1.82) is 0 Å². The Labute approximate surface area is 311 Å². The topological polar surface area (TPSA) is 122 Å². The van der Waals surface area contributed by atoms with E-state index < -0.39 is 11.1 Å². The van der Waals surface area contributed by atoms with E-state index in [4.69, 9.17) is 4.74 Å². The maximum Gasteiger partial charge on any atom is 0.290 e. The molecule has 2 aliphatic heterocycles. The molecule has 2 aliphatic rings. The highest BCUT2D eigenvalue weighted by atomic mass is 32.2. The summed E-state index contributed by atoms with van der Waals surface area (Å²) in [6.07, 6.45) is 1.78. The first-order chi connectivity index (χ1) is 25.8. The molecule has 4 amide bonds. The summed E-state index contributed by atoms with van der Waals surface area (Å²) < 4.78 is 6.47. The quantitative estimate of drug-likeness (QED) is 0.110. The second kappa shape index (κ2) is 16.1. The van der Waals surface area contributed by atoms with Crippen LogP contribution < -0.4 is 10.6 Å². The van der Waals surface area contributed by atoms with Crippen molar-refractivity contribution in [2.45, 2.75) is 25.2 Å². The molecule has 0 aromatic heterocycles. The monoisotopic (exact) mass is 721 g/mol. The number of imide groups is 1. The largest absolute Gasteiger partial charge is 0.372 e. The van der Waals surface area contributed by atoms with E-state index in [-0.39, 0.29) is 41.2 Å². The number of carbonyl (C=O) groups is 5. The molecule has 2 heterocycles. The number of ether oxygens (including phenoxy) is 1. The Kier molecular flexibility index (Phi) is 10.7. The fraction of sp³-hybridized carbons (Fsp3) is 0.140. The van der Waals surface area contributed by atoms with Crippen molar-refractivity contribution >= 4 is 46.6 Å². The number of ketones is 1. The van der Waals surface area contributed by atoms with Crippen molar-refractivity contribution in [1.82, 2.24) is 15.5 Å². The zero-order chi connectivity index (χ0) is 36.7. The molecule has 5 aromatic rings. The fourth-order valence-corrected chi connectivity index (χ4v) is 7.20. The van der Waals surface area contributed by atoms with E-state index in [0.717, 1.165) is 28.5 Å². The molecule has 2 saturated heterocycles. The smallest absolute Gasteiger partial charge is 0.290 e. The Balaban J connectivity index is 1.07. The van der Waals surface area contributed by atoms with E-state index in [1.165, 1.54) is 0 Å². The molecule has 2 fully saturated rings. The Morgan fingerprint density at radius 3 is 2.19 bits per heavy atom. The van der Waals surface area contributed by atoms with Gasteiger partial charge >= 0.3 is 0 Å². The molecule has 0 spiro atoms. The standard InChI is InChI=1S/C43H35N3O6S/c47-39(30-12-5-2-6-13-30)32-15-9-16-33(23-32)42(50)46-26-36(52-27-34-14-7-8-17-37(34)29-10-3-1-4-11-29)24-35(46)25-44-40(48)31-20-18-28(19-21-31)22-38-41(49)45-43(51)53-38/h1-23,35-36H,24-27H2,(H,44,48)(H,45,49,51)/b38-22+/t35-,36+/m0/s1. The number of thioether (sulfide) groups is 1. The average molecular weight is 722 g/mol. The second-order valence-electron chi connectivity index (χ2n) is 12.8. The van der Waals surface area contributed by atoms with Gasteiger partial charge in [-0.15, -0.1) is 0 Å². The minimum absolute atomic E-state index is 0.176. The van der Waals surface area contributed by atoms with Gasteiger partial charge in [0.2, 0.25) is 0 Å². The van der Waals surface area contributed by atoms with E-state index in [1.54, 1.807) is 83.8 Å². The van der Waals surface area contributed by atoms with Crippen LogP contribution in [0.25, 0.3) is 17.2 Å². The lowest BCUT2D eigenvalue weighted by molar-refractivity contribution is -0.115. The van der Waals surface area contributed by atoms with Gasteiger partial charge in [-0.05, 0) is 70.8 Å². The second-order valence-corrected chi connectivity index (χ2v) is 13.8. The number of carbonyl (C=O) groups excluding carboxylic acids is 5. The van der Waals surface area contributed by atoms with Gasteiger partial charge in [0, 0.05) is 35.3 Å². The van der Waals surface area contributed by atoms with Crippen molar-refractivity contribution in [2.24, 2.45) is 0 Å². The van der Waals surface area contributed by atoms with Crippen molar-refractivity contribution in [3.8, 4) is 11.1 Å². The molecule has 2 atom stereocenters. The first kappa shape index (κ1) is 35.3. The van der Waals surface area contributed by atoms with E-state index >= 15 is 0 Å². The van der Waals surface area contributed by atoms with Gasteiger partial charge in [-0.1, -0.05) is 109 Å². The molecule has 53 heavy (non-hydrogen) atoms. The van der Waals surface area contributed by atoms with Gasteiger partial charge in [-0.3, -0.25) is 29.3 Å². The van der Waals surface area contributed by atoms with Gasteiger partial charge in [0.15, 0.2) is 5.78 Å². The van der Waals surface area contributed by atoms with Gasteiger partial charge in [-0.25, -0.2) is 0 Å². The molecule has 0 bridgehead atoms. The van der Waals surface area contributed by atoms with Crippen LogP contribution >= 0.6 is 11.8 Å². The van der Waals surface area contributed by atoms with Crippen LogP contribution in [0.3, 0.4) is 0 Å². The number of likely N-dealkylation sites (tertiary alicyclic amines) is 1. The number of nitrogens with zero attached hydrogens (tertiary/aromatic N) is 1. The van der Waals surface area contributed by atoms with Gasteiger partial charge < -0.3 is 15.0 Å². The number of amides is 4. The van der Waals surface area contributed by atoms with Crippen LogP contribution in [0.4, 0.5) is 4.79 Å². The van der Waals surface area contributed by atoms with Crippen LogP contribution in [0, 0.1) is 0 Å². The van der Waals surface area contributed by atoms with Crippen LogP contribution in [-0.2, 0) is 16.1 Å². The van der Waals surface area contributed by atoms with Crippen molar-refractivity contribution in [3.05, 3.63) is 172 Å². The van der Waals surface area contributed by atoms with Crippen LogP contribution in [0.5, 0.6) is 0 Å². The average Bonchev–Trinajstić information content (AvgIpc) is 3.77. The highest BCUT2D eigenvalue weighted by Gasteiger charge is 2.37. The normalized spacial score (nSPS) is 17.5. The van der Waals surface area contributed by atoms with Gasteiger partial charge in [-0.2, -0.15) is 0 Å². The molecule has 7 rings (SSSR count). The summed E-state index contributed by atoms with van der Waals surface area (Å²) in [5.74, 6) is -1.21. The summed E-state index contributed by atoms with van der Waals surface area (Å²) in [4.78, 5) is 66.1. The number of rotatable bonds is 11. The summed E-state index contributed by atoms with van der Waals surface area (Å²) >= 11 is 0.828. The molecule has 0 aliphatic carbocycles. The number of benzene rings is 5. The van der Waals surface area contributed by atoms with Gasteiger partial charge in [0.25, 0.3) is 23.0 Å². The first-order valence-corrected chi connectivity index (χ1v) is 18.0. The lowest BCUT2D eigenvalue weighted by Crippen LogP contribution is -2.43. The van der Waals surface area contributed by atoms with Crippen LogP contribution in [0.1, 0.15) is 54.2 Å². The minimum atomic E-state index is -0.449. The first-order valence-electron chi connectivity index (χ1n) is 17.2. The Hall–Kier alpha value is -6.10. The molecule has 0 saturated carbocycles. The minimum Gasteiger partial charge on any atom is -0.372 e. The summed E-state index contributed by atoms with van der Waals surface area (Å²) in [5, 5.41) is 4.79. The SMILES string of the molecule is O=C1NC(=O)/C(=C\c2ccc(C(=O)NC[C@@H]3C[C@@H](OCc4ccccc4-c4ccccc4)CN3C(=O)c3cccc(C(=O)c4ccccc4)c3)cc2)S1. The number of hydrogen-bond acceptors (Lipinski definition) is 7. The fourth-order valence-electron chi connectivity index (χ4n) is 6.52. The maximum absolute atomic E-state index is 14.2. The maximum atomic E-state index is 14.2. The molecule has 264 valence electrons. The van der Waals surface area contributed by atoms with Crippen LogP contribution in [0.15, 0.2) is 138 Å². The van der Waals surface area contributed by atoms with Gasteiger partial charge in [0.1, 0.15) is 0 Å². The predicted octanol–water partition coefficient (Wildman–Crippen LogP) is 7.14. The highest BCUT2D eigenvalue weighted by molar-refractivity contribution is 8.18. The summed E-state index contributed by atoms with van der Waals surface area (Å²) in [6.45, 7) is 0.828. The number of hydrogen-bond donors (Lipinski definition) is 2. The molecule has 0 unspecified atom stereocenters. The zero-order valence-corrected chi connectivity index (χ0v) is 29.4.